The van der Waals surface area contributed by atoms with Crippen LogP contribution in [0, 0.1) is 13.8 Å². The van der Waals surface area contributed by atoms with Crippen molar-refractivity contribution in [2.45, 2.75) is 33.7 Å². The van der Waals surface area contributed by atoms with Crippen LogP contribution in [-0.4, -0.2) is 65.0 Å². The van der Waals surface area contributed by atoms with Gasteiger partial charge in [0.2, 0.25) is 0 Å². The van der Waals surface area contributed by atoms with Crippen LogP contribution in [0.15, 0.2) is 24.3 Å². The number of anilines is 1. The summed E-state index contributed by atoms with van der Waals surface area (Å²) in [6, 6.07) is 8.10. The Morgan fingerprint density at radius 1 is 1.23 bits per heavy atom. The highest BCUT2D eigenvalue weighted by molar-refractivity contribution is 7.22. The maximum atomic E-state index is 13.6. The molecule has 160 valence electrons. The largest absolute Gasteiger partial charge is 0.379 e. The molecule has 4 rings (SSSR count). The Kier molecular flexibility index (Phi) is 6.46. The van der Waals surface area contributed by atoms with Crippen molar-refractivity contribution >= 4 is 32.6 Å². The Morgan fingerprint density at radius 3 is 2.80 bits per heavy atom. The molecule has 0 saturated carbocycles. The molecule has 1 aliphatic rings. The van der Waals surface area contributed by atoms with Crippen LogP contribution in [0.25, 0.3) is 10.2 Å². The van der Waals surface area contributed by atoms with Crippen molar-refractivity contribution in [2.24, 2.45) is 0 Å². The molecule has 0 bridgehead atoms. The van der Waals surface area contributed by atoms with Gasteiger partial charge in [-0.05, 0) is 51.0 Å². The average Bonchev–Trinajstić information content (AvgIpc) is 3.34. The van der Waals surface area contributed by atoms with Crippen LogP contribution in [0.5, 0.6) is 0 Å². The van der Waals surface area contributed by atoms with Gasteiger partial charge in [0.15, 0.2) is 5.13 Å². The van der Waals surface area contributed by atoms with E-state index in [1.807, 2.05) is 30.9 Å². The summed E-state index contributed by atoms with van der Waals surface area (Å²) in [5.41, 5.74) is 3.61. The Balaban J connectivity index is 1.60. The van der Waals surface area contributed by atoms with Crippen LogP contribution in [0.4, 0.5) is 5.13 Å². The minimum atomic E-state index is -0.0322. The topological polar surface area (TPSA) is 63.5 Å². The van der Waals surface area contributed by atoms with Crippen LogP contribution in [-0.2, 0) is 11.3 Å². The van der Waals surface area contributed by atoms with E-state index in [0.717, 1.165) is 60.3 Å². The molecular formula is C22H29N5O2S. The number of morpholine rings is 1. The molecule has 1 fully saturated rings. The van der Waals surface area contributed by atoms with Crippen LogP contribution in [0.3, 0.4) is 0 Å². The molecule has 3 aromatic rings. The van der Waals surface area contributed by atoms with Gasteiger partial charge < -0.3 is 4.74 Å². The fourth-order valence-electron chi connectivity index (χ4n) is 3.79. The van der Waals surface area contributed by atoms with Crippen molar-refractivity contribution in [2.75, 3.05) is 44.3 Å². The zero-order valence-electron chi connectivity index (χ0n) is 17.9. The van der Waals surface area contributed by atoms with Crippen LogP contribution in [0.2, 0.25) is 0 Å². The van der Waals surface area contributed by atoms with E-state index >= 15 is 0 Å². The molecule has 30 heavy (non-hydrogen) atoms. The van der Waals surface area contributed by atoms with Gasteiger partial charge in [-0.2, -0.15) is 5.10 Å². The smallest absolute Gasteiger partial charge is 0.278 e. The predicted octanol–water partition coefficient (Wildman–Crippen LogP) is 3.50. The lowest BCUT2D eigenvalue weighted by Gasteiger charge is -2.27. The Bertz CT molecular complexity index is 1020. The molecule has 0 radical (unpaired) electrons. The Labute approximate surface area is 181 Å². The molecular weight excluding hydrogens is 398 g/mol. The standard InChI is InChI=1S/C22H29N5O2S/c1-4-27-19(15-17(3)24-27)21(28)26(9-5-8-25-10-12-29-13-11-25)22-23-18-7-6-16(2)14-20(18)30-22/h6-7,14-15H,4-5,8-13H2,1-3H3. The van der Waals surface area contributed by atoms with E-state index in [1.165, 1.54) is 5.56 Å². The summed E-state index contributed by atoms with van der Waals surface area (Å²) in [6.45, 7) is 11.7. The Morgan fingerprint density at radius 2 is 2.03 bits per heavy atom. The summed E-state index contributed by atoms with van der Waals surface area (Å²) in [5, 5.41) is 5.22. The van der Waals surface area contributed by atoms with Gasteiger partial charge >= 0.3 is 0 Å². The number of hydrogen-bond acceptors (Lipinski definition) is 6. The van der Waals surface area contributed by atoms with Crippen molar-refractivity contribution in [3.8, 4) is 0 Å². The molecule has 7 nitrogen and oxygen atoms in total. The third-order valence-corrected chi connectivity index (χ3v) is 6.43. The maximum absolute atomic E-state index is 13.6. The number of amides is 1. The van der Waals surface area contributed by atoms with E-state index in [1.54, 1.807) is 16.0 Å². The van der Waals surface area contributed by atoms with E-state index in [9.17, 15) is 4.79 Å². The molecule has 0 spiro atoms. The first kappa shape index (κ1) is 21.0. The summed E-state index contributed by atoms with van der Waals surface area (Å²) in [5.74, 6) is -0.0322. The second kappa shape index (κ2) is 9.24. The first-order valence-electron chi connectivity index (χ1n) is 10.6. The van der Waals surface area contributed by atoms with Gasteiger partial charge in [0.25, 0.3) is 5.91 Å². The SMILES string of the molecule is CCn1nc(C)cc1C(=O)N(CCCN1CCOCC1)c1nc2ccc(C)cc2s1. The fraction of sp³-hybridized carbons (Fsp3) is 0.500. The third-order valence-electron chi connectivity index (χ3n) is 5.39. The summed E-state index contributed by atoms with van der Waals surface area (Å²) >= 11 is 1.58. The number of thiazole rings is 1. The molecule has 0 aliphatic carbocycles. The van der Waals surface area contributed by atoms with Crippen molar-refractivity contribution < 1.29 is 9.53 Å². The summed E-state index contributed by atoms with van der Waals surface area (Å²) in [7, 11) is 0. The average molecular weight is 428 g/mol. The highest BCUT2D eigenvalue weighted by Gasteiger charge is 2.25. The number of nitrogens with zero attached hydrogens (tertiary/aromatic N) is 5. The third kappa shape index (κ3) is 4.55. The van der Waals surface area contributed by atoms with Gasteiger partial charge in [-0.25, -0.2) is 4.98 Å². The molecule has 2 aromatic heterocycles. The number of rotatable bonds is 7. The second-order valence-corrected chi connectivity index (χ2v) is 8.73. The fourth-order valence-corrected chi connectivity index (χ4v) is 4.88. The zero-order chi connectivity index (χ0) is 21.1. The van der Waals surface area contributed by atoms with Gasteiger partial charge in [0.05, 0.1) is 29.1 Å². The molecule has 0 unspecified atom stereocenters. The molecule has 1 aliphatic heterocycles. The number of benzene rings is 1. The van der Waals surface area contributed by atoms with E-state index in [0.29, 0.717) is 18.8 Å². The molecule has 1 aromatic carbocycles. The lowest BCUT2D eigenvalue weighted by molar-refractivity contribution is 0.0376. The van der Waals surface area contributed by atoms with Crippen molar-refractivity contribution in [3.63, 3.8) is 0 Å². The maximum Gasteiger partial charge on any atom is 0.278 e. The van der Waals surface area contributed by atoms with E-state index in [-0.39, 0.29) is 5.91 Å². The summed E-state index contributed by atoms with van der Waals surface area (Å²) in [4.78, 5) is 22.6. The summed E-state index contributed by atoms with van der Waals surface area (Å²) in [6.07, 6.45) is 0.889. The van der Waals surface area contributed by atoms with E-state index in [2.05, 4.69) is 29.1 Å². The van der Waals surface area contributed by atoms with Crippen LogP contribution in [0.1, 0.15) is 35.1 Å². The highest BCUT2D eigenvalue weighted by atomic mass is 32.1. The van der Waals surface area contributed by atoms with Gasteiger partial charge in [-0.1, -0.05) is 17.4 Å². The minimum absolute atomic E-state index is 0.0322. The van der Waals surface area contributed by atoms with Gasteiger partial charge in [-0.3, -0.25) is 19.3 Å². The quantitative estimate of drug-likeness (QED) is 0.577. The zero-order valence-corrected chi connectivity index (χ0v) is 18.7. The lowest BCUT2D eigenvalue weighted by Crippen LogP contribution is -2.39. The van der Waals surface area contributed by atoms with Crippen molar-refractivity contribution in [1.29, 1.82) is 0 Å². The molecule has 0 atom stereocenters. The van der Waals surface area contributed by atoms with Gasteiger partial charge in [0.1, 0.15) is 5.69 Å². The van der Waals surface area contributed by atoms with Gasteiger partial charge in [-0.15, -0.1) is 0 Å². The Hall–Kier alpha value is -2.29. The number of hydrogen-bond donors (Lipinski definition) is 0. The van der Waals surface area contributed by atoms with E-state index in [4.69, 9.17) is 9.72 Å². The minimum Gasteiger partial charge on any atom is -0.379 e. The number of carbonyl (C=O) groups excluding carboxylic acids is 1. The normalized spacial score (nSPS) is 15.0. The molecule has 3 heterocycles. The summed E-state index contributed by atoms with van der Waals surface area (Å²) < 4.78 is 8.33. The number of carbonyl (C=O) groups is 1. The van der Waals surface area contributed by atoms with Crippen molar-refractivity contribution in [1.82, 2.24) is 19.7 Å². The van der Waals surface area contributed by atoms with Crippen LogP contribution >= 0.6 is 11.3 Å². The number of aryl methyl sites for hydroxylation is 3. The lowest BCUT2D eigenvalue weighted by atomic mass is 10.2. The number of fused-ring (bicyclic) bond motifs is 1. The van der Waals surface area contributed by atoms with Crippen LogP contribution < -0.4 is 4.90 Å². The number of aromatic nitrogens is 3. The van der Waals surface area contributed by atoms with E-state index < -0.39 is 0 Å². The molecule has 0 N–H and O–H groups in total. The predicted molar refractivity (Wildman–Crippen MR) is 121 cm³/mol. The van der Waals surface area contributed by atoms with Crippen molar-refractivity contribution in [3.05, 3.63) is 41.2 Å². The molecule has 1 saturated heterocycles. The second-order valence-electron chi connectivity index (χ2n) is 7.72. The molecule has 1 amide bonds. The van der Waals surface area contributed by atoms with Gasteiger partial charge in [0, 0.05) is 32.7 Å². The monoisotopic (exact) mass is 427 g/mol. The molecule has 8 heteroatoms. The highest BCUT2D eigenvalue weighted by Crippen LogP contribution is 2.30. The number of ether oxygens (including phenoxy) is 1. The first-order chi connectivity index (χ1) is 14.5. The first-order valence-corrected chi connectivity index (χ1v) is 11.4.